The Morgan fingerprint density at radius 2 is 1.69 bits per heavy atom. The summed E-state index contributed by atoms with van der Waals surface area (Å²) in [7, 11) is 1.67. The van der Waals surface area contributed by atoms with Crippen LogP contribution in [0.5, 0.6) is 5.75 Å². The lowest BCUT2D eigenvalue weighted by Gasteiger charge is -2.39. The first-order chi connectivity index (χ1) is 15.1. The number of hydrogen-bond acceptors (Lipinski definition) is 2. The fourth-order valence-electron chi connectivity index (χ4n) is 5.77. The summed E-state index contributed by atoms with van der Waals surface area (Å²) in [6.45, 7) is 11.5. The molecule has 2 aromatic carbocycles. The van der Waals surface area contributed by atoms with E-state index >= 15 is 0 Å². The highest BCUT2D eigenvalue weighted by atomic mass is 16.5. The maximum Gasteiger partial charge on any atom is 0.225 e. The van der Waals surface area contributed by atoms with E-state index in [2.05, 4.69) is 52.8 Å². The highest BCUT2D eigenvalue weighted by molar-refractivity contribution is 6.28. The molecule has 0 saturated carbocycles. The lowest BCUT2D eigenvalue weighted by molar-refractivity contribution is -0.361. The number of nitrogens with zero attached hydrogens (tertiary/aromatic N) is 1. The Morgan fingerprint density at radius 1 is 1.00 bits per heavy atom. The number of fused-ring (bicyclic) bond motifs is 3. The second-order valence-electron chi connectivity index (χ2n) is 11.0. The number of methoxy groups -OCH3 is 1. The Hall–Kier alpha value is -2.55. The summed E-state index contributed by atoms with van der Waals surface area (Å²) in [6.07, 6.45) is 8.42. The predicted molar refractivity (Wildman–Crippen MR) is 135 cm³/mol. The molecule has 1 atom stereocenters. The Balaban J connectivity index is 1.68. The number of benzene rings is 2. The first-order valence-corrected chi connectivity index (χ1v) is 12.0. The van der Waals surface area contributed by atoms with Crippen LogP contribution in [0.4, 0.5) is 5.69 Å². The molecule has 1 heterocycles. The maximum absolute atomic E-state index is 13.5. The molecule has 1 unspecified atom stereocenters. The fourth-order valence-corrected chi connectivity index (χ4v) is 5.77. The number of unbranched alkanes of at least 4 members (excludes halogenated alkanes) is 1. The Kier molecular flexibility index (Phi) is 5.96. The van der Waals surface area contributed by atoms with E-state index in [1.807, 2.05) is 30.3 Å². The molecule has 0 saturated heterocycles. The summed E-state index contributed by atoms with van der Waals surface area (Å²) in [5.74, 6) is 1.60. The zero-order valence-corrected chi connectivity index (χ0v) is 20.5. The van der Waals surface area contributed by atoms with Gasteiger partial charge in [-0.1, -0.05) is 64.3 Å². The van der Waals surface area contributed by atoms with Crippen LogP contribution < -0.4 is 4.74 Å². The largest absolute Gasteiger partial charge is 0.618 e. The Bertz CT molecular complexity index is 1060. The van der Waals surface area contributed by atoms with Crippen molar-refractivity contribution in [3.8, 4) is 16.9 Å². The monoisotopic (exact) mass is 431 g/mol. The maximum atomic E-state index is 13.5. The second-order valence-corrected chi connectivity index (χ2v) is 11.0. The van der Waals surface area contributed by atoms with Crippen LogP contribution in [0.25, 0.3) is 16.7 Å². The van der Waals surface area contributed by atoms with Gasteiger partial charge in [-0.05, 0) is 67.3 Å². The summed E-state index contributed by atoms with van der Waals surface area (Å²) in [5.41, 5.74) is 6.04. The van der Waals surface area contributed by atoms with E-state index in [9.17, 15) is 5.21 Å². The normalized spacial score (nSPS) is 21.4. The topological polar surface area (TPSA) is 35.3 Å². The van der Waals surface area contributed by atoms with E-state index in [1.54, 1.807) is 7.11 Å². The average Bonchev–Trinajstić information content (AvgIpc) is 3.02. The first kappa shape index (κ1) is 22.6. The minimum Gasteiger partial charge on any atom is -0.618 e. The van der Waals surface area contributed by atoms with Crippen LogP contribution in [-0.2, 0) is 0 Å². The van der Waals surface area contributed by atoms with Gasteiger partial charge in [-0.15, -0.1) is 0 Å². The predicted octanol–water partition coefficient (Wildman–Crippen LogP) is 7.99. The van der Waals surface area contributed by atoms with Gasteiger partial charge < -0.3 is 9.94 Å². The van der Waals surface area contributed by atoms with Crippen LogP contribution in [0.2, 0.25) is 0 Å². The van der Waals surface area contributed by atoms with E-state index in [4.69, 9.17) is 4.74 Å². The summed E-state index contributed by atoms with van der Waals surface area (Å²) in [5, 5.41) is 13.5. The third kappa shape index (κ3) is 4.22. The molecule has 2 aliphatic rings. The number of ether oxygens (including phenoxy) is 1. The Labute approximate surface area is 193 Å². The molecule has 0 N–H and O–H groups in total. The van der Waals surface area contributed by atoms with E-state index in [1.165, 1.54) is 30.4 Å². The van der Waals surface area contributed by atoms with E-state index in [0.717, 1.165) is 51.8 Å². The van der Waals surface area contributed by atoms with Gasteiger partial charge in [0.25, 0.3) is 0 Å². The van der Waals surface area contributed by atoms with Crippen LogP contribution in [-0.4, -0.2) is 17.6 Å². The first-order valence-electron chi connectivity index (χ1n) is 12.0. The second kappa shape index (κ2) is 8.42. The van der Waals surface area contributed by atoms with Crippen molar-refractivity contribution in [2.45, 2.75) is 66.7 Å². The quantitative estimate of drug-likeness (QED) is 0.253. The van der Waals surface area contributed by atoms with E-state index in [0.29, 0.717) is 0 Å². The molecular formula is C29H37NO2. The van der Waals surface area contributed by atoms with Gasteiger partial charge in [0.05, 0.1) is 23.7 Å². The molecule has 0 radical (unpaired) electrons. The van der Waals surface area contributed by atoms with E-state index in [-0.39, 0.29) is 10.8 Å². The molecule has 2 aromatic rings. The third-order valence-corrected chi connectivity index (χ3v) is 7.15. The SMILES string of the molecule is COc1ccc(-c2ccc3c(c2)[N+]([O-])=C2C3=CC(C)(CCCCC(C)C)CC2(C)C)cc1. The molecule has 3 heteroatoms. The summed E-state index contributed by atoms with van der Waals surface area (Å²) >= 11 is 0. The molecular weight excluding hydrogens is 394 g/mol. The van der Waals surface area contributed by atoms with Gasteiger partial charge in [0.2, 0.25) is 11.4 Å². The number of rotatable bonds is 7. The lowest BCUT2D eigenvalue weighted by Crippen LogP contribution is -2.38. The number of hydrogen-bond donors (Lipinski definition) is 0. The molecule has 4 rings (SSSR count). The van der Waals surface area contributed by atoms with Gasteiger partial charge in [-0.3, -0.25) is 0 Å². The van der Waals surface area contributed by atoms with Crippen LogP contribution in [0.3, 0.4) is 0 Å². The van der Waals surface area contributed by atoms with Crippen molar-refractivity contribution in [1.29, 1.82) is 0 Å². The smallest absolute Gasteiger partial charge is 0.225 e. The molecule has 0 aromatic heterocycles. The van der Waals surface area contributed by atoms with Gasteiger partial charge in [0.15, 0.2) is 0 Å². The van der Waals surface area contributed by atoms with Gasteiger partial charge in [-0.2, -0.15) is 4.74 Å². The molecule has 0 fully saturated rings. The zero-order valence-electron chi connectivity index (χ0n) is 20.5. The molecule has 170 valence electrons. The minimum atomic E-state index is -0.155. The van der Waals surface area contributed by atoms with Crippen molar-refractivity contribution in [2.24, 2.45) is 16.7 Å². The van der Waals surface area contributed by atoms with Crippen molar-refractivity contribution < 1.29 is 9.48 Å². The summed E-state index contributed by atoms with van der Waals surface area (Å²) in [6, 6.07) is 14.3. The van der Waals surface area contributed by atoms with Crippen LogP contribution >= 0.6 is 0 Å². The molecule has 0 bridgehead atoms. The van der Waals surface area contributed by atoms with E-state index < -0.39 is 0 Å². The molecule has 3 nitrogen and oxygen atoms in total. The molecule has 1 aliphatic carbocycles. The van der Waals surface area contributed by atoms with Gasteiger partial charge in [-0.25, -0.2) is 0 Å². The van der Waals surface area contributed by atoms with Crippen LogP contribution in [0.1, 0.15) is 72.3 Å². The van der Waals surface area contributed by atoms with Crippen LogP contribution in [0, 0.1) is 22.0 Å². The molecule has 0 amide bonds. The highest BCUT2D eigenvalue weighted by Crippen LogP contribution is 2.52. The summed E-state index contributed by atoms with van der Waals surface area (Å²) < 4.78 is 6.48. The standard InChI is InChI=1S/C29H37NO2/c1-20(2)9-7-8-16-29(5)18-25-24-15-12-22(21-10-13-23(32-6)14-11-21)17-26(24)30(31)27(25)28(3,4)19-29/h10-15,17-18,20H,7-9,16,19H2,1-6H3. The van der Waals surface area contributed by atoms with Gasteiger partial charge >= 0.3 is 0 Å². The van der Waals surface area contributed by atoms with Gasteiger partial charge in [0, 0.05) is 6.07 Å². The fraction of sp³-hybridized carbons (Fsp3) is 0.483. The average molecular weight is 432 g/mol. The van der Waals surface area contributed by atoms with Crippen molar-refractivity contribution >= 4 is 17.0 Å². The van der Waals surface area contributed by atoms with Crippen molar-refractivity contribution in [3.05, 3.63) is 59.3 Å². The molecule has 32 heavy (non-hydrogen) atoms. The van der Waals surface area contributed by atoms with Crippen LogP contribution in [0.15, 0.2) is 48.5 Å². The lowest BCUT2D eigenvalue weighted by atomic mass is 9.62. The summed E-state index contributed by atoms with van der Waals surface area (Å²) in [4.78, 5) is 0. The highest BCUT2D eigenvalue weighted by Gasteiger charge is 2.49. The number of allylic oxidation sites excluding steroid dienone is 2. The van der Waals surface area contributed by atoms with Crippen molar-refractivity contribution in [1.82, 2.24) is 0 Å². The van der Waals surface area contributed by atoms with Gasteiger partial charge in [0.1, 0.15) is 5.75 Å². The molecule has 0 spiro atoms. The van der Waals surface area contributed by atoms with Crippen molar-refractivity contribution in [3.63, 3.8) is 0 Å². The van der Waals surface area contributed by atoms with Crippen molar-refractivity contribution in [2.75, 3.05) is 7.11 Å². The third-order valence-electron chi connectivity index (χ3n) is 7.15. The Morgan fingerprint density at radius 3 is 2.34 bits per heavy atom. The minimum absolute atomic E-state index is 0.121. The zero-order chi connectivity index (χ0) is 23.1. The molecule has 1 aliphatic heterocycles.